The number of urea groups is 1. The number of phenols is 1. The molecule has 4 N–H and O–H groups in total. The van der Waals surface area contributed by atoms with E-state index in [0.717, 1.165) is 11.1 Å². The van der Waals surface area contributed by atoms with Crippen LogP contribution in [0.3, 0.4) is 0 Å². The van der Waals surface area contributed by atoms with Crippen LogP contribution in [0.15, 0.2) is 73.3 Å². The molecule has 4 heterocycles. The average molecular weight is 558 g/mol. The second-order valence-corrected chi connectivity index (χ2v) is 9.70. The predicted molar refractivity (Wildman–Crippen MR) is 151 cm³/mol. The molecule has 0 aliphatic carbocycles. The maximum absolute atomic E-state index is 12.1. The molecule has 0 radical (unpaired) electrons. The van der Waals surface area contributed by atoms with Crippen molar-refractivity contribution in [1.82, 2.24) is 30.2 Å². The molecule has 2 aromatic carbocycles. The molecule has 2 aliphatic rings. The van der Waals surface area contributed by atoms with Crippen LogP contribution in [0, 0.1) is 0 Å². The number of aromatic hydroxyl groups is 1. The van der Waals surface area contributed by atoms with Crippen LogP contribution < -0.4 is 16.0 Å². The van der Waals surface area contributed by atoms with Crippen LogP contribution in [-0.2, 0) is 20.8 Å². The number of anilines is 1. The normalized spacial score (nSPS) is 23.7. The third-order valence-corrected chi connectivity index (χ3v) is 6.97. The van der Waals surface area contributed by atoms with Gasteiger partial charge in [-0.05, 0) is 24.6 Å². The van der Waals surface area contributed by atoms with Gasteiger partial charge in [0, 0.05) is 25.2 Å². The highest BCUT2D eigenvalue weighted by atomic mass is 16.8. The second-order valence-electron chi connectivity index (χ2n) is 9.70. The molecule has 12 heteroatoms. The molecule has 5 atom stereocenters. The summed E-state index contributed by atoms with van der Waals surface area (Å²) in [5, 5.41) is 18.9. The van der Waals surface area contributed by atoms with Crippen molar-refractivity contribution in [3.8, 4) is 5.75 Å². The molecule has 2 fully saturated rings. The lowest BCUT2D eigenvalue weighted by atomic mass is 10.1. The fourth-order valence-corrected chi connectivity index (χ4v) is 5.04. The molecule has 4 aromatic rings. The topological polar surface area (TPSA) is 145 Å². The van der Waals surface area contributed by atoms with Gasteiger partial charge in [0.05, 0.1) is 6.33 Å². The molecule has 0 saturated carbocycles. The largest absolute Gasteiger partial charge is 0.508 e. The van der Waals surface area contributed by atoms with Crippen molar-refractivity contribution in [2.75, 3.05) is 18.4 Å². The quantitative estimate of drug-likeness (QED) is 0.244. The molecule has 0 spiro atoms. The summed E-state index contributed by atoms with van der Waals surface area (Å²) in [6.45, 7) is 3.22. The summed E-state index contributed by atoms with van der Waals surface area (Å²) in [4.78, 5) is 25.2. The van der Waals surface area contributed by atoms with E-state index in [2.05, 4.69) is 30.9 Å². The molecule has 212 valence electrons. The first-order valence-corrected chi connectivity index (χ1v) is 13.5. The first kappa shape index (κ1) is 26.8. The Kier molecular flexibility index (Phi) is 7.87. The Morgan fingerprint density at radius 3 is 2.66 bits per heavy atom. The van der Waals surface area contributed by atoms with E-state index < -0.39 is 18.6 Å². The molecule has 6 rings (SSSR count). The van der Waals surface area contributed by atoms with Crippen molar-refractivity contribution in [1.29, 1.82) is 0 Å². The molecule has 2 aromatic heterocycles. The third kappa shape index (κ3) is 5.77. The fourth-order valence-electron chi connectivity index (χ4n) is 5.04. The van der Waals surface area contributed by atoms with Gasteiger partial charge in [-0.25, -0.2) is 19.7 Å². The summed E-state index contributed by atoms with van der Waals surface area (Å²) >= 11 is 0. The van der Waals surface area contributed by atoms with Crippen molar-refractivity contribution in [2.45, 2.75) is 44.3 Å². The summed E-state index contributed by atoms with van der Waals surface area (Å²) in [6, 6.07) is 16.8. The van der Waals surface area contributed by atoms with Gasteiger partial charge in [-0.3, -0.25) is 9.88 Å². The lowest BCUT2D eigenvalue weighted by Crippen LogP contribution is -2.36. The van der Waals surface area contributed by atoms with Gasteiger partial charge in [0.2, 0.25) is 0 Å². The van der Waals surface area contributed by atoms with Gasteiger partial charge in [-0.1, -0.05) is 54.6 Å². The Labute approximate surface area is 236 Å². The van der Waals surface area contributed by atoms with Crippen molar-refractivity contribution in [3.63, 3.8) is 0 Å². The zero-order valence-corrected chi connectivity index (χ0v) is 22.4. The van der Waals surface area contributed by atoms with Crippen molar-refractivity contribution >= 4 is 29.1 Å². The van der Waals surface area contributed by atoms with Gasteiger partial charge in [0.25, 0.3) is 0 Å². The van der Waals surface area contributed by atoms with Crippen LogP contribution in [0.2, 0.25) is 0 Å². The lowest BCUT2D eigenvalue weighted by molar-refractivity contribution is -0.124. The number of aromatic nitrogens is 4. The number of amides is 2. The van der Waals surface area contributed by atoms with Crippen LogP contribution in [-0.4, -0.2) is 68.3 Å². The SMILES string of the molecule is CCNC(=O)Nc1ncnc2c1ncn2[C@@H]1O[C@H](CNCc2ccccc2O)[C@H]2O[C@H](/C=C/c3ccccc3)O[C@H]21. The number of phenolic OH excluding ortho intramolecular Hbond substituents is 1. The lowest BCUT2D eigenvalue weighted by Gasteiger charge is -2.20. The number of ether oxygens (including phenoxy) is 3. The predicted octanol–water partition coefficient (Wildman–Crippen LogP) is 3.18. The molecule has 12 nitrogen and oxygen atoms in total. The van der Waals surface area contributed by atoms with Gasteiger partial charge in [-0.15, -0.1) is 0 Å². The zero-order chi connectivity index (χ0) is 28.2. The van der Waals surface area contributed by atoms with E-state index in [1.807, 2.05) is 61.5 Å². The van der Waals surface area contributed by atoms with Gasteiger partial charge in [-0.2, -0.15) is 0 Å². The van der Waals surface area contributed by atoms with Crippen LogP contribution >= 0.6 is 0 Å². The van der Waals surface area contributed by atoms with Crippen molar-refractivity contribution in [2.24, 2.45) is 0 Å². The Hall–Kier alpha value is -4.36. The van der Waals surface area contributed by atoms with E-state index >= 15 is 0 Å². The Morgan fingerprint density at radius 2 is 1.83 bits per heavy atom. The first-order chi connectivity index (χ1) is 20.1. The molecule has 0 bridgehead atoms. The molecule has 2 amide bonds. The van der Waals surface area contributed by atoms with E-state index in [1.165, 1.54) is 6.33 Å². The van der Waals surface area contributed by atoms with E-state index in [1.54, 1.807) is 23.0 Å². The van der Waals surface area contributed by atoms with Gasteiger partial charge in [0.1, 0.15) is 30.4 Å². The van der Waals surface area contributed by atoms with Gasteiger partial charge in [0.15, 0.2) is 29.5 Å². The number of para-hydroxylation sites is 1. The molecule has 2 aliphatic heterocycles. The second kappa shape index (κ2) is 12.0. The number of fused-ring (bicyclic) bond motifs is 2. The van der Waals surface area contributed by atoms with E-state index in [0.29, 0.717) is 36.6 Å². The van der Waals surface area contributed by atoms with Crippen molar-refractivity contribution in [3.05, 3.63) is 84.5 Å². The minimum absolute atomic E-state index is 0.233. The number of nitrogens with one attached hydrogen (secondary N) is 3. The summed E-state index contributed by atoms with van der Waals surface area (Å²) in [5.41, 5.74) is 2.75. The maximum atomic E-state index is 12.1. The maximum Gasteiger partial charge on any atom is 0.320 e. The minimum Gasteiger partial charge on any atom is -0.508 e. The number of carbonyl (C=O) groups is 1. The van der Waals surface area contributed by atoms with Gasteiger partial charge < -0.3 is 30.0 Å². The van der Waals surface area contributed by atoms with Crippen LogP contribution in [0.5, 0.6) is 5.75 Å². The Bertz CT molecular complexity index is 1530. The molecular formula is C29H31N7O5. The number of hydrogen-bond donors (Lipinski definition) is 4. The number of rotatable bonds is 9. The van der Waals surface area contributed by atoms with Crippen LogP contribution in [0.4, 0.5) is 10.6 Å². The Balaban J connectivity index is 1.24. The van der Waals surface area contributed by atoms with Gasteiger partial charge >= 0.3 is 6.03 Å². The summed E-state index contributed by atoms with van der Waals surface area (Å²) in [6.07, 6.45) is 4.47. The highest BCUT2D eigenvalue weighted by molar-refractivity contribution is 5.95. The van der Waals surface area contributed by atoms with Crippen LogP contribution in [0.25, 0.3) is 17.2 Å². The standard InChI is InChI=1S/C29H31N7O5/c1-2-31-29(38)35-26-23-27(33-16-32-26)36(17-34-23)28-25-24(40-22(41-25)13-12-18-8-4-3-5-9-18)21(39-28)15-30-14-19-10-6-7-11-20(19)37/h3-13,16-17,21-22,24-25,28,30,37H,2,14-15H2,1H3,(H2,31,32,33,35,38)/b13-12+/t21-,22+,24-,25-,28-/m1/s1. The zero-order valence-electron chi connectivity index (χ0n) is 22.4. The Morgan fingerprint density at radius 1 is 1.02 bits per heavy atom. The van der Waals surface area contributed by atoms with Crippen molar-refractivity contribution < 1.29 is 24.1 Å². The van der Waals surface area contributed by atoms with E-state index in [-0.39, 0.29) is 24.0 Å². The molecule has 2 saturated heterocycles. The van der Waals surface area contributed by atoms with E-state index in [9.17, 15) is 9.90 Å². The average Bonchev–Trinajstić information content (AvgIpc) is 3.68. The molecule has 0 unspecified atom stereocenters. The number of imidazole rings is 1. The smallest absolute Gasteiger partial charge is 0.320 e. The van der Waals surface area contributed by atoms with E-state index in [4.69, 9.17) is 14.2 Å². The number of benzene rings is 2. The number of hydrogen-bond acceptors (Lipinski definition) is 9. The monoisotopic (exact) mass is 557 g/mol. The molecular weight excluding hydrogens is 526 g/mol. The number of carbonyl (C=O) groups excluding carboxylic acids is 1. The van der Waals surface area contributed by atoms with Crippen LogP contribution in [0.1, 0.15) is 24.3 Å². The summed E-state index contributed by atoms with van der Waals surface area (Å²) in [7, 11) is 0. The minimum atomic E-state index is -0.593. The summed E-state index contributed by atoms with van der Waals surface area (Å²) < 4.78 is 21.0. The first-order valence-electron chi connectivity index (χ1n) is 13.5. The third-order valence-electron chi connectivity index (χ3n) is 6.97. The molecule has 41 heavy (non-hydrogen) atoms. The number of nitrogens with zero attached hydrogens (tertiary/aromatic N) is 4. The highest BCUT2D eigenvalue weighted by Crippen LogP contribution is 2.41. The fraction of sp³-hybridized carbons (Fsp3) is 0.310. The highest BCUT2D eigenvalue weighted by Gasteiger charge is 2.53. The summed E-state index contributed by atoms with van der Waals surface area (Å²) in [5.74, 6) is 0.527.